The summed E-state index contributed by atoms with van der Waals surface area (Å²) in [6, 6.07) is 62.6. The summed E-state index contributed by atoms with van der Waals surface area (Å²) in [7, 11) is 0. The van der Waals surface area contributed by atoms with E-state index in [0.29, 0.717) is 23.3 Å². The van der Waals surface area contributed by atoms with E-state index in [-0.39, 0.29) is 5.48 Å². The van der Waals surface area contributed by atoms with Gasteiger partial charge in [0.25, 0.3) is 0 Å². The Kier molecular flexibility index (Phi) is 10.7. The van der Waals surface area contributed by atoms with E-state index in [1.54, 1.807) is 0 Å². The Morgan fingerprint density at radius 2 is 0.695 bits per heavy atom. The molecule has 0 aliphatic carbocycles. The van der Waals surface area contributed by atoms with Crippen molar-refractivity contribution in [3.8, 4) is 0 Å². The van der Waals surface area contributed by atoms with Crippen LogP contribution >= 0.6 is 0 Å². The standard InChI is InChI=1S/C68H52N12.Ga.H2O/c1-5-17-45-37-77(33-29-41(45)13-1)53-25-9-21-49-57(53)65-69-61(49)74-66-59-51(23-11-27-55(59)79-35-31-43-15-3-7-19-47(43)39-79)63(71-66)76-68-60-52(24-12-28-56(60)80-36-32-44-16-4-8-20-48(44)40-80)64(72-68)75-67-58-50(62(70-67)73-65)22-10-26-54(58)78-34-30-42-14-2-6-18-46(42)38-78;;/h1-28H,29-40H2;;1H2/q-2;+2;. The summed E-state index contributed by atoms with van der Waals surface area (Å²) in [6.45, 7) is 6.76. The monoisotopic (exact) mass is 1120 g/mol. The molecule has 82 heavy (non-hydrogen) atoms. The van der Waals surface area contributed by atoms with Gasteiger partial charge in [-0.2, -0.15) is 0 Å². The third kappa shape index (κ3) is 7.23. The second-order valence-corrected chi connectivity index (χ2v) is 25.3. The molecule has 0 saturated carbocycles. The molecule has 0 unspecified atom stereocenters. The third-order valence-corrected chi connectivity index (χ3v) is 21.3. The molecular formula is C68H54GaN12O. The van der Waals surface area contributed by atoms with Crippen LogP contribution in [0.3, 0.4) is 0 Å². The molecule has 2 N–H and O–H groups in total. The van der Waals surface area contributed by atoms with Crippen molar-refractivity contribution in [1.29, 1.82) is 0 Å². The van der Waals surface area contributed by atoms with Gasteiger partial charge >= 0.3 is 479 Å². The summed E-state index contributed by atoms with van der Waals surface area (Å²) >= 11 is -1.97. The van der Waals surface area contributed by atoms with Gasteiger partial charge in [0.05, 0.1) is 0 Å². The Hall–Kier alpha value is -9.08. The molecule has 10 aromatic rings. The van der Waals surface area contributed by atoms with Crippen molar-refractivity contribution in [2.24, 2.45) is 30.0 Å². The van der Waals surface area contributed by atoms with Gasteiger partial charge in [0.2, 0.25) is 0 Å². The first-order valence-electron chi connectivity index (χ1n) is 28.6. The summed E-state index contributed by atoms with van der Waals surface area (Å²) in [5.74, 6) is 4.44. The van der Waals surface area contributed by atoms with E-state index in [2.05, 4.69) is 196 Å². The minimum absolute atomic E-state index is 0. The molecule has 8 aromatic carbocycles. The fourth-order valence-corrected chi connectivity index (χ4v) is 17.4. The zero-order valence-corrected chi connectivity index (χ0v) is 47.5. The van der Waals surface area contributed by atoms with E-state index in [4.69, 9.17) is 30.0 Å². The summed E-state index contributed by atoms with van der Waals surface area (Å²) in [5, 5.41) is 4.27. The Morgan fingerprint density at radius 1 is 0.305 bits per heavy atom. The van der Waals surface area contributed by atoms with E-state index in [1.807, 2.05) is 0 Å². The van der Waals surface area contributed by atoms with Crippen molar-refractivity contribution in [1.82, 2.24) is 6.55 Å². The van der Waals surface area contributed by atoms with Crippen molar-refractivity contribution in [2.75, 3.05) is 45.8 Å². The number of aliphatic imine (C=N–C) groups is 4. The van der Waals surface area contributed by atoms with E-state index >= 15 is 0 Å². The van der Waals surface area contributed by atoms with Gasteiger partial charge in [-0.3, -0.25) is 0 Å². The number of hydrogen-bond acceptors (Lipinski definition) is 10. The van der Waals surface area contributed by atoms with Crippen LogP contribution in [0.5, 0.6) is 0 Å². The van der Waals surface area contributed by atoms with Gasteiger partial charge in [-0.15, -0.1) is 0 Å². The van der Waals surface area contributed by atoms with Crippen LogP contribution in [-0.4, -0.2) is 79.4 Å². The number of aromatic nitrogens is 2. The molecule has 395 valence electrons. The molecule has 0 spiro atoms. The van der Waals surface area contributed by atoms with Crippen LogP contribution in [0.1, 0.15) is 66.8 Å². The predicted octanol–water partition coefficient (Wildman–Crippen LogP) is 9.90. The van der Waals surface area contributed by atoms with Crippen molar-refractivity contribution >= 4 is 97.2 Å². The number of anilines is 4. The normalized spacial score (nSPS) is 16.8. The maximum atomic E-state index is 5.95. The molecule has 18 rings (SSSR count). The first kappa shape index (κ1) is 47.7. The molecule has 8 aliphatic rings. The molecule has 0 saturated heterocycles. The number of nitrogens with zero attached hydrogens (tertiary/aromatic N) is 12. The van der Waals surface area contributed by atoms with Crippen LogP contribution in [0.4, 0.5) is 34.4 Å². The van der Waals surface area contributed by atoms with Gasteiger partial charge in [-0.25, -0.2) is 0 Å². The SMILES string of the molecule is O.c1ccc2c(c1)CCN(c1cccc3c1C1=NC3=Nc3c4c(N5CCc6ccccc6C5)cccc4c4[n]3[Ga][n]3c(c5cccc(N6CCc7ccccc7C6)c5c3=NC3=NC(=N4)c4c3cccc4N3CCc4ccccc4C3)=N1)C2. The summed E-state index contributed by atoms with van der Waals surface area (Å²) in [5.41, 5.74) is 21.4. The maximum absolute atomic E-state index is 5.95. The molecular weight excluding hydrogens is 1070 g/mol. The van der Waals surface area contributed by atoms with Crippen molar-refractivity contribution in [3.63, 3.8) is 0 Å². The summed E-state index contributed by atoms with van der Waals surface area (Å²) in [4.78, 5) is 45.2. The van der Waals surface area contributed by atoms with Gasteiger partial charge in [-0.05, 0) is 0 Å². The molecule has 13 nitrogen and oxygen atoms in total. The second-order valence-electron chi connectivity index (χ2n) is 22.7. The van der Waals surface area contributed by atoms with Gasteiger partial charge in [0, 0.05) is 0 Å². The fraction of sp³-hybridized carbons (Fsp3) is 0.176. The minimum atomic E-state index is -1.97. The number of hydrogen-bond donors (Lipinski definition) is 0. The number of rotatable bonds is 4. The second kappa shape index (κ2) is 18.5. The van der Waals surface area contributed by atoms with E-state index in [1.165, 1.54) is 44.5 Å². The first-order valence-corrected chi connectivity index (χ1v) is 30.8. The Labute approximate surface area is 481 Å². The number of benzene rings is 8. The Bertz CT molecular complexity index is 4700. The van der Waals surface area contributed by atoms with Crippen LogP contribution in [0.15, 0.2) is 200 Å². The van der Waals surface area contributed by atoms with Crippen LogP contribution < -0.4 is 30.6 Å². The quantitative estimate of drug-likeness (QED) is 0.163. The third-order valence-electron chi connectivity index (χ3n) is 18.3. The van der Waals surface area contributed by atoms with E-state index in [0.717, 1.165) is 167 Å². The van der Waals surface area contributed by atoms with Crippen LogP contribution in [0.2, 0.25) is 0 Å². The molecule has 0 fully saturated rings. The molecule has 14 heteroatoms. The van der Waals surface area contributed by atoms with Gasteiger partial charge in [-0.1, -0.05) is 0 Å². The van der Waals surface area contributed by atoms with E-state index in [9.17, 15) is 0 Å². The molecule has 1 radical (unpaired) electrons. The van der Waals surface area contributed by atoms with Crippen LogP contribution in [0, 0.1) is 0 Å². The number of amidine groups is 4. The first-order chi connectivity index (χ1) is 40.1. The van der Waals surface area contributed by atoms with Crippen molar-refractivity contribution < 1.29 is 5.48 Å². The Morgan fingerprint density at radius 3 is 1.22 bits per heavy atom. The zero-order valence-electron chi connectivity index (χ0n) is 45.1. The number of fused-ring (bicyclic) bond motifs is 18. The van der Waals surface area contributed by atoms with Gasteiger partial charge in [0.15, 0.2) is 0 Å². The van der Waals surface area contributed by atoms with Crippen LogP contribution in [-0.2, 0) is 51.9 Å². The summed E-state index contributed by atoms with van der Waals surface area (Å²) in [6.07, 6.45) is 3.85. The summed E-state index contributed by atoms with van der Waals surface area (Å²) < 4.78 is 4.98. The zero-order chi connectivity index (χ0) is 52.9. The molecule has 8 aliphatic heterocycles. The average Bonchev–Trinajstić information content (AvgIpc) is 4.44. The van der Waals surface area contributed by atoms with Gasteiger partial charge in [0.1, 0.15) is 0 Å². The molecule has 0 atom stereocenters. The van der Waals surface area contributed by atoms with E-state index < -0.39 is 17.9 Å². The van der Waals surface area contributed by atoms with Crippen molar-refractivity contribution in [3.05, 3.63) is 248 Å². The van der Waals surface area contributed by atoms with Crippen LogP contribution in [0.25, 0.3) is 21.5 Å². The Balaban J connectivity index is 0.00000534. The average molecular weight is 1120 g/mol. The molecule has 2 aromatic heterocycles. The molecule has 10 heterocycles. The molecule has 0 amide bonds. The molecule has 6 bridgehead atoms. The fourth-order valence-electron chi connectivity index (χ4n) is 14.4. The topological polar surface area (TPSA) is 128 Å². The predicted molar refractivity (Wildman–Crippen MR) is 329 cm³/mol. The van der Waals surface area contributed by atoms with Crippen molar-refractivity contribution in [2.45, 2.75) is 51.9 Å². The van der Waals surface area contributed by atoms with Gasteiger partial charge < -0.3 is 5.48 Å².